The summed E-state index contributed by atoms with van der Waals surface area (Å²) in [6.45, 7) is -0.223. The van der Waals surface area contributed by atoms with Crippen molar-refractivity contribution in [3.05, 3.63) is 29.3 Å². The highest BCUT2D eigenvalue weighted by Gasteiger charge is 2.38. The van der Waals surface area contributed by atoms with Crippen LogP contribution in [-0.2, 0) is 25.7 Å². The monoisotopic (exact) mass is 395 g/mol. The molecule has 0 radical (unpaired) electrons. The Kier molecular flexibility index (Phi) is 5.61. The predicted molar refractivity (Wildman–Crippen MR) is 81.9 cm³/mol. The minimum absolute atomic E-state index is 0.0704. The maximum absolute atomic E-state index is 13.2. The Morgan fingerprint density at radius 1 is 1.23 bits per heavy atom. The molecule has 1 aliphatic heterocycles. The zero-order valence-electron chi connectivity index (χ0n) is 13.6. The average molecular weight is 395 g/mol. The van der Waals surface area contributed by atoms with Crippen LogP contribution in [-0.4, -0.2) is 50.0 Å². The number of hydrogen-bond donors (Lipinski definition) is 1. The van der Waals surface area contributed by atoms with Gasteiger partial charge in [-0.1, -0.05) is 0 Å². The quantitative estimate of drug-likeness (QED) is 0.783. The summed E-state index contributed by atoms with van der Waals surface area (Å²) in [7, 11) is -3.34. The van der Waals surface area contributed by atoms with Crippen LogP contribution in [0.15, 0.2) is 23.1 Å². The number of ether oxygens (including phenoxy) is 1. The molecule has 1 N–H and O–H groups in total. The van der Waals surface area contributed by atoms with Crippen molar-refractivity contribution in [3.63, 3.8) is 0 Å². The summed E-state index contributed by atoms with van der Waals surface area (Å²) in [6, 6.07) is 2.05. The molecule has 1 fully saturated rings. The fourth-order valence-electron chi connectivity index (χ4n) is 2.70. The van der Waals surface area contributed by atoms with Crippen LogP contribution in [0.4, 0.5) is 13.2 Å². The number of rotatable bonds is 4. The Hall–Kier alpha value is -2.14. The van der Waals surface area contributed by atoms with Gasteiger partial charge < -0.3 is 9.84 Å². The highest BCUT2D eigenvalue weighted by Crippen LogP contribution is 2.35. The van der Waals surface area contributed by atoms with E-state index in [0.29, 0.717) is 6.07 Å². The van der Waals surface area contributed by atoms with Crippen LogP contribution in [0.1, 0.15) is 28.8 Å². The smallest absolute Gasteiger partial charge is 0.417 e. The summed E-state index contributed by atoms with van der Waals surface area (Å²) in [4.78, 5) is 21.8. The second kappa shape index (κ2) is 7.23. The Labute approximate surface area is 147 Å². The number of sulfonamides is 1. The number of halogens is 3. The van der Waals surface area contributed by atoms with E-state index in [0.717, 1.165) is 23.5 Å². The maximum atomic E-state index is 13.2. The summed E-state index contributed by atoms with van der Waals surface area (Å²) < 4.78 is 70.1. The third-order valence-electron chi connectivity index (χ3n) is 4.14. The lowest BCUT2D eigenvalue weighted by Crippen LogP contribution is -2.40. The molecule has 0 aliphatic carbocycles. The number of nitrogens with zero attached hydrogens (tertiary/aromatic N) is 1. The Morgan fingerprint density at radius 3 is 2.27 bits per heavy atom. The maximum Gasteiger partial charge on any atom is 0.417 e. The number of alkyl halides is 3. The van der Waals surface area contributed by atoms with Crippen molar-refractivity contribution in [2.45, 2.75) is 23.9 Å². The molecule has 1 aromatic rings. The van der Waals surface area contributed by atoms with E-state index in [-0.39, 0.29) is 25.9 Å². The molecule has 1 saturated heterocycles. The van der Waals surface area contributed by atoms with Gasteiger partial charge in [-0.25, -0.2) is 13.2 Å². The normalized spacial score (nSPS) is 17.1. The van der Waals surface area contributed by atoms with Gasteiger partial charge in [-0.3, -0.25) is 4.79 Å². The van der Waals surface area contributed by atoms with Crippen LogP contribution in [0.2, 0.25) is 0 Å². The molecule has 0 saturated carbocycles. The van der Waals surface area contributed by atoms with Crippen LogP contribution in [0, 0.1) is 5.92 Å². The number of aliphatic carboxylic acids is 1. The second-order valence-corrected chi connectivity index (χ2v) is 7.65. The van der Waals surface area contributed by atoms with Crippen LogP contribution < -0.4 is 0 Å². The molecule has 7 nitrogen and oxygen atoms in total. The van der Waals surface area contributed by atoms with Crippen molar-refractivity contribution in [3.8, 4) is 0 Å². The van der Waals surface area contributed by atoms with Gasteiger partial charge >= 0.3 is 18.1 Å². The van der Waals surface area contributed by atoms with Gasteiger partial charge in [-0.05, 0) is 31.0 Å². The molecule has 0 atom stereocenters. The molecule has 1 aliphatic rings. The van der Waals surface area contributed by atoms with Gasteiger partial charge in [0.25, 0.3) is 0 Å². The molecule has 0 aromatic heterocycles. The van der Waals surface area contributed by atoms with Gasteiger partial charge in [0, 0.05) is 13.1 Å². The van der Waals surface area contributed by atoms with Crippen LogP contribution in [0.5, 0.6) is 0 Å². The van der Waals surface area contributed by atoms with Gasteiger partial charge in [-0.2, -0.15) is 17.5 Å². The first-order valence-corrected chi connectivity index (χ1v) is 8.95. The third-order valence-corrected chi connectivity index (χ3v) is 6.04. The van der Waals surface area contributed by atoms with E-state index in [2.05, 4.69) is 4.74 Å². The zero-order chi connectivity index (χ0) is 19.7. The SMILES string of the molecule is COC(=O)c1ccc(S(=O)(=O)N2CCC(C(=O)O)CC2)cc1C(F)(F)F. The van der Waals surface area contributed by atoms with Crippen molar-refractivity contribution in [2.24, 2.45) is 5.92 Å². The number of carboxylic acid groups (broad SMARTS) is 1. The lowest BCUT2D eigenvalue weighted by Gasteiger charge is -2.29. The number of esters is 1. The molecular formula is C15H16F3NO6S. The lowest BCUT2D eigenvalue weighted by atomic mass is 9.99. The third kappa shape index (κ3) is 3.98. The number of benzene rings is 1. The van der Waals surface area contributed by atoms with Gasteiger partial charge in [0.05, 0.1) is 29.1 Å². The van der Waals surface area contributed by atoms with Crippen LogP contribution in [0.25, 0.3) is 0 Å². The Balaban J connectivity index is 2.39. The van der Waals surface area contributed by atoms with E-state index in [1.165, 1.54) is 0 Å². The van der Waals surface area contributed by atoms with Gasteiger partial charge in [0.2, 0.25) is 10.0 Å². The first kappa shape index (κ1) is 20.2. The Bertz CT molecular complexity index is 813. The molecule has 144 valence electrons. The molecule has 26 heavy (non-hydrogen) atoms. The van der Waals surface area contributed by atoms with E-state index in [4.69, 9.17) is 5.11 Å². The molecule has 1 heterocycles. The fourth-order valence-corrected chi connectivity index (χ4v) is 4.19. The summed E-state index contributed by atoms with van der Waals surface area (Å²) >= 11 is 0. The largest absolute Gasteiger partial charge is 0.481 e. The van der Waals surface area contributed by atoms with Crippen molar-refractivity contribution in [2.75, 3.05) is 20.2 Å². The Morgan fingerprint density at radius 2 is 1.81 bits per heavy atom. The standard InChI is InChI=1S/C15H16F3NO6S/c1-25-14(22)11-3-2-10(8-12(11)15(16,17)18)26(23,24)19-6-4-9(5-7-19)13(20)21/h2-3,8-9H,4-7H2,1H3,(H,20,21). The molecule has 11 heteroatoms. The molecule has 0 spiro atoms. The number of hydrogen-bond acceptors (Lipinski definition) is 5. The van der Waals surface area contributed by atoms with Crippen molar-refractivity contribution < 1.29 is 41.0 Å². The van der Waals surface area contributed by atoms with E-state index < -0.39 is 50.1 Å². The van der Waals surface area contributed by atoms with E-state index >= 15 is 0 Å². The molecule has 0 unspecified atom stereocenters. The first-order chi connectivity index (χ1) is 12.0. The van der Waals surface area contributed by atoms with Crippen LogP contribution >= 0.6 is 0 Å². The highest BCUT2D eigenvalue weighted by molar-refractivity contribution is 7.89. The minimum Gasteiger partial charge on any atom is -0.481 e. The molecule has 1 aromatic carbocycles. The summed E-state index contributed by atoms with van der Waals surface area (Å²) in [5.41, 5.74) is -2.20. The van der Waals surface area contributed by atoms with Crippen molar-refractivity contribution in [1.29, 1.82) is 0 Å². The average Bonchev–Trinajstić information content (AvgIpc) is 2.59. The van der Waals surface area contributed by atoms with Crippen molar-refractivity contribution >= 4 is 22.0 Å². The number of carbonyl (C=O) groups is 2. The molecule has 2 rings (SSSR count). The number of piperidine rings is 1. The van der Waals surface area contributed by atoms with Gasteiger partial charge in [0.15, 0.2) is 0 Å². The lowest BCUT2D eigenvalue weighted by molar-refractivity contribution is -0.143. The van der Waals surface area contributed by atoms with Gasteiger partial charge in [0.1, 0.15) is 0 Å². The molecule has 0 amide bonds. The molecular weight excluding hydrogens is 379 g/mol. The van der Waals surface area contributed by atoms with E-state index in [1.807, 2.05) is 0 Å². The number of methoxy groups -OCH3 is 1. The summed E-state index contributed by atoms with van der Waals surface area (Å²) in [6.07, 6.45) is -4.81. The van der Waals surface area contributed by atoms with E-state index in [9.17, 15) is 31.2 Å². The number of carbonyl (C=O) groups excluding carboxylic acids is 1. The fraction of sp³-hybridized carbons (Fsp3) is 0.467. The van der Waals surface area contributed by atoms with Crippen molar-refractivity contribution in [1.82, 2.24) is 4.31 Å². The minimum atomic E-state index is -4.95. The zero-order valence-corrected chi connectivity index (χ0v) is 14.4. The summed E-state index contributed by atoms with van der Waals surface area (Å²) in [5, 5.41) is 8.94. The predicted octanol–water partition coefficient (Wildman–Crippen LogP) is 1.98. The summed E-state index contributed by atoms with van der Waals surface area (Å²) in [5.74, 6) is -2.96. The van der Waals surface area contributed by atoms with E-state index in [1.54, 1.807) is 0 Å². The second-order valence-electron chi connectivity index (χ2n) is 5.71. The highest BCUT2D eigenvalue weighted by atomic mass is 32.2. The molecule has 0 bridgehead atoms. The topological polar surface area (TPSA) is 101 Å². The van der Waals surface area contributed by atoms with Crippen LogP contribution in [0.3, 0.4) is 0 Å². The first-order valence-electron chi connectivity index (χ1n) is 7.51. The van der Waals surface area contributed by atoms with Gasteiger partial charge in [-0.15, -0.1) is 0 Å². The number of carboxylic acids is 1.